The number of aromatic nitrogens is 2. The second-order valence-electron chi connectivity index (χ2n) is 3.67. The van der Waals surface area contributed by atoms with Crippen LogP contribution < -0.4 is 5.73 Å². The maximum absolute atomic E-state index is 9.73. The van der Waals surface area contributed by atoms with Crippen LogP contribution in [-0.2, 0) is 0 Å². The molecule has 0 amide bonds. The van der Waals surface area contributed by atoms with Crippen molar-refractivity contribution in [3.8, 4) is 0 Å². The van der Waals surface area contributed by atoms with Crippen LogP contribution in [0.15, 0.2) is 12.4 Å². The van der Waals surface area contributed by atoms with Gasteiger partial charge in [0.2, 0.25) is 0 Å². The van der Waals surface area contributed by atoms with Gasteiger partial charge in [0.25, 0.3) is 0 Å². The highest BCUT2D eigenvalue weighted by Gasteiger charge is 2.24. The molecule has 0 spiro atoms. The van der Waals surface area contributed by atoms with Gasteiger partial charge in [-0.3, -0.25) is 4.68 Å². The number of nitrogens with two attached hydrogens (primary N) is 1. The third-order valence-electron chi connectivity index (χ3n) is 2.66. The largest absolute Gasteiger partial charge is 0.396 e. The van der Waals surface area contributed by atoms with E-state index < -0.39 is 0 Å². The molecule has 72 valence electrons. The quantitative estimate of drug-likeness (QED) is 0.677. The van der Waals surface area contributed by atoms with E-state index >= 15 is 0 Å². The van der Waals surface area contributed by atoms with E-state index in [4.69, 9.17) is 5.73 Å². The van der Waals surface area contributed by atoms with E-state index in [1.54, 1.807) is 17.1 Å². The summed E-state index contributed by atoms with van der Waals surface area (Å²) in [5, 5.41) is 13.9. The Kier molecular flexibility index (Phi) is 2.22. The molecule has 0 radical (unpaired) electrons. The number of aliphatic hydroxyl groups excluding tert-OH is 1. The van der Waals surface area contributed by atoms with Gasteiger partial charge >= 0.3 is 0 Å². The normalized spacial score (nSPS) is 29.0. The predicted molar refractivity (Wildman–Crippen MR) is 50.2 cm³/mol. The number of nitrogen functional groups attached to an aromatic ring is 1. The molecule has 3 N–H and O–H groups in total. The summed E-state index contributed by atoms with van der Waals surface area (Å²) in [5.74, 6) is 0. The Bertz CT molecular complexity index is 284. The SMILES string of the molecule is Nc1cnn(C2CCCCC2O)c1. The summed E-state index contributed by atoms with van der Waals surface area (Å²) < 4.78 is 1.79. The third kappa shape index (κ3) is 1.67. The fourth-order valence-electron chi connectivity index (χ4n) is 1.93. The smallest absolute Gasteiger partial charge is 0.0779 e. The first-order valence-corrected chi connectivity index (χ1v) is 4.75. The zero-order valence-corrected chi connectivity index (χ0v) is 7.56. The van der Waals surface area contributed by atoms with Crippen molar-refractivity contribution in [1.82, 2.24) is 9.78 Å². The van der Waals surface area contributed by atoms with Crippen LogP contribution in [-0.4, -0.2) is 21.0 Å². The summed E-state index contributed by atoms with van der Waals surface area (Å²) in [7, 11) is 0. The topological polar surface area (TPSA) is 64.1 Å². The molecule has 1 fully saturated rings. The van der Waals surface area contributed by atoms with E-state index in [0.717, 1.165) is 19.3 Å². The zero-order chi connectivity index (χ0) is 9.26. The van der Waals surface area contributed by atoms with Crippen molar-refractivity contribution in [3.63, 3.8) is 0 Å². The molecule has 2 atom stereocenters. The summed E-state index contributed by atoms with van der Waals surface area (Å²) in [4.78, 5) is 0. The van der Waals surface area contributed by atoms with Crippen LogP contribution >= 0.6 is 0 Å². The first-order chi connectivity index (χ1) is 6.27. The maximum atomic E-state index is 9.73. The molecule has 1 aromatic heterocycles. The van der Waals surface area contributed by atoms with Crippen LogP contribution in [0.4, 0.5) is 5.69 Å². The molecule has 1 aromatic rings. The van der Waals surface area contributed by atoms with Crippen molar-refractivity contribution < 1.29 is 5.11 Å². The van der Waals surface area contributed by atoms with Gasteiger partial charge in [0.1, 0.15) is 0 Å². The Hall–Kier alpha value is -1.03. The molecule has 0 bridgehead atoms. The Balaban J connectivity index is 2.14. The number of nitrogens with zero attached hydrogens (tertiary/aromatic N) is 2. The molecule has 0 aromatic carbocycles. The number of aliphatic hydroxyl groups is 1. The Morgan fingerprint density at radius 3 is 2.85 bits per heavy atom. The van der Waals surface area contributed by atoms with Gasteiger partial charge < -0.3 is 10.8 Å². The lowest BCUT2D eigenvalue weighted by atomic mass is 9.93. The number of hydrogen-bond acceptors (Lipinski definition) is 3. The fourth-order valence-corrected chi connectivity index (χ4v) is 1.93. The van der Waals surface area contributed by atoms with E-state index in [-0.39, 0.29) is 12.1 Å². The summed E-state index contributed by atoms with van der Waals surface area (Å²) in [6, 6.07) is 0.131. The highest BCUT2D eigenvalue weighted by molar-refractivity contribution is 5.30. The lowest BCUT2D eigenvalue weighted by molar-refractivity contribution is 0.0695. The molecule has 1 aliphatic carbocycles. The van der Waals surface area contributed by atoms with Crippen LogP contribution in [0.25, 0.3) is 0 Å². The molecular weight excluding hydrogens is 166 g/mol. The average Bonchev–Trinajstić information content (AvgIpc) is 2.53. The number of hydrogen-bond donors (Lipinski definition) is 2. The summed E-state index contributed by atoms with van der Waals surface area (Å²) >= 11 is 0. The summed E-state index contributed by atoms with van der Waals surface area (Å²) in [6.45, 7) is 0. The molecule has 4 nitrogen and oxygen atoms in total. The third-order valence-corrected chi connectivity index (χ3v) is 2.66. The minimum absolute atomic E-state index is 0.131. The van der Waals surface area contributed by atoms with Crippen LogP contribution in [0.5, 0.6) is 0 Å². The van der Waals surface area contributed by atoms with Crippen molar-refractivity contribution >= 4 is 5.69 Å². The van der Waals surface area contributed by atoms with Crippen LogP contribution in [0.3, 0.4) is 0 Å². The Morgan fingerprint density at radius 1 is 1.46 bits per heavy atom. The lowest BCUT2D eigenvalue weighted by Gasteiger charge is -2.27. The van der Waals surface area contributed by atoms with Crippen molar-refractivity contribution in [2.45, 2.75) is 37.8 Å². The number of anilines is 1. The van der Waals surface area contributed by atoms with Crippen LogP contribution in [0.1, 0.15) is 31.7 Å². The Labute approximate surface area is 77.4 Å². The zero-order valence-electron chi connectivity index (χ0n) is 7.56. The van der Waals surface area contributed by atoms with E-state index in [2.05, 4.69) is 5.10 Å². The van der Waals surface area contributed by atoms with Crippen molar-refractivity contribution in [3.05, 3.63) is 12.4 Å². The molecule has 2 unspecified atom stereocenters. The van der Waals surface area contributed by atoms with Gasteiger partial charge in [-0.1, -0.05) is 12.8 Å². The molecule has 1 heterocycles. The summed E-state index contributed by atoms with van der Waals surface area (Å²) in [5.41, 5.74) is 6.23. The fraction of sp³-hybridized carbons (Fsp3) is 0.667. The van der Waals surface area contributed by atoms with E-state index in [9.17, 15) is 5.11 Å². The van der Waals surface area contributed by atoms with Crippen molar-refractivity contribution in [1.29, 1.82) is 0 Å². The Morgan fingerprint density at radius 2 is 2.23 bits per heavy atom. The molecule has 1 saturated carbocycles. The molecule has 0 saturated heterocycles. The van der Waals surface area contributed by atoms with E-state index in [0.29, 0.717) is 5.69 Å². The van der Waals surface area contributed by atoms with Gasteiger partial charge in [0, 0.05) is 6.20 Å². The highest BCUT2D eigenvalue weighted by atomic mass is 16.3. The minimum Gasteiger partial charge on any atom is -0.396 e. The molecule has 4 heteroatoms. The first kappa shape index (κ1) is 8.56. The standard InChI is InChI=1S/C9H15N3O/c10-7-5-11-12(6-7)8-3-1-2-4-9(8)13/h5-6,8-9,13H,1-4,10H2. The molecular formula is C9H15N3O. The monoisotopic (exact) mass is 181 g/mol. The summed E-state index contributed by atoms with van der Waals surface area (Å²) in [6.07, 6.45) is 7.33. The van der Waals surface area contributed by atoms with Gasteiger partial charge in [0.05, 0.1) is 24.0 Å². The van der Waals surface area contributed by atoms with Crippen molar-refractivity contribution in [2.75, 3.05) is 5.73 Å². The van der Waals surface area contributed by atoms with Gasteiger partial charge in [0.15, 0.2) is 0 Å². The average molecular weight is 181 g/mol. The van der Waals surface area contributed by atoms with Gasteiger partial charge in [-0.15, -0.1) is 0 Å². The van der Waals surface area contributed by atoms with Gasteiger partial charge in [-0.2, -0.15) is 5.10 Å². The predicted octanol–water partition coefficient (Wildman–Crippen LogP) is 0.941. The molecule has 2 rings (SSSR count). The maximum Gasteiger partial charge on any atom is 0.0779 e. The second-order valence-corrected chi connectivity index (χ2v) is 3.67. The number of rotatable bonds is 1. The molecule has 0 aliphatic heterocycles. The first-order valence-electron chi connectivity index (χ1n) is 4.75. The van der Waals surface area contributed by atoms with Crippen LogP contribution in [0.2, 0.25) is 0 Å². The van der Waals surface area contributed by atoms with Gasteiger partial charge in [-0.25, -0.2) is 0 Å². The molecule has 13 heavy (non-hydrogen) atoms. The van der Waals surface area contributed by atoms with E-state index in [1.807, 2.05) is 0 Å². The molecule has 1 aliphatic rings. The van der Waals surface area contributed by atoms with Crippen LogP contribution in [0, 0.1) is 0 Å². The lowest BCUT2D eigenvalue weighted by Crippen LogP contribution is -2.27. The highest BCUT2D eigenvalue weighted by Crippen LogP contribution is 2.28. The second kappa shape index (κ2) is 3.38. The van der Waals surface area contributed by atoms with E-state index in [1.165, 1.54) is 6.42 Å². The van der Waals surface area contributed by atoms with Gasteiger partial charge in [-0.05, 0) is 12.8 Å². The minimum atomic E-state index is -0.256. The van der Waals surface area contributed by atoms with Crippen molar-refractivity contribution in [2.24, 2.45) is 0 Å².